The Morgan fingerprint density at radius 3 is 2.69 bits per heavy atom. The van der Waals surface area contributed by atoms with Crippen molar-refractivity contribution in [3.63, 3.8) is 0 Å². The minimum absolute atomic E-state index is 0.0637. The molecule has 2 N–H and O–H groups in total. The van der Waals surface area contributed by atoms with Crippen molar-refractivity contribution >= 4 is 40.0 Å². The second-order valence-electron chi connectivity index (χ2n) is 8.28. The Labute approximate surface area is 190 Å². The number of nitrogens with zero attached hydrogens (tertiary/aromatic N) is 5. The molecular formula is C23H24ClN7O. The standard InChI is InChI=1S/C23H24ClN7O/c24-19-12-17(5-6-20(19)30-9-7-26-8-10-30)28-23-27-14-16-11-15(13-25)22(32)31(21(16)29-23)18-3-1-2-4-18/h5-6,11-12,14,18,26H,1-4,7-10H2,(H,27,28,29). The van der Waals surface area contributed by atoms with Crippen LogP contribution in [-0.2, 0) is 0 Å². The van der Waals surface area contributed by atoms with Crippen LogP contribution in [0.3, 0.4) is 0 Å². The molecule has 1 aliphatic carbocycles. The highest BCUT2D eigenvalue weighted by molar-refractivity contribution is 6.33. The molecule has 8 nitrogen and oxygen atoms in total. The molecule has 0 bridgehead atoms. The molecule has 0 unspecified atom stereocenters. The van der Waals surface area contributed by atoms with Crippen LogP contribution in [0.1, 0.15) is 37.3 Å². The Kier molecular flexibility index (Phi) is 5.68. The lowest BCUT2D eigenvalue weighted by molar-refractivity contribution is 0.515. The number of fused-ring (bicyclic) bond motifs is 1. The Morgan fingerprint density at radius 2 is 1.97 bits per heavy atom. The van der Waals surface area contributed by atoms with E-state index in [2.05, 4.69) is 25.5 Å². The van der Waals surface area contributed by atoms with Crippen molar-refractivity contribution in [1.82, 2.24) is 19.9 Å². The highest BCUT2D eigenvalue weighted by Crippen LogP contribution is 2.32. The first-order chi connectivity index (χ1) is 15.6. The molecule has 0 atom stereocenters. The molecule has 1 aliphatic heterocycles. The molecule has 164 valence electrons. The van der Waals surface area contributed by atoms with Crippen LogP contribution in [0.25, 0.3) is 11.0 Å². The van der Waals surface area contributed by atoms with E-state index >= 15 is 0 Å². The number of hydrogen-bond acceptors (Lipinski definition) is 7. The predicted octanol–water partition coefficient (Wildman–Crippen LogP) is 3.58. The smallest absolute Gasteiger partial charge is 0.270 e. The summed E-state index contributed by atoms with van der Waals surface area (Å²) >= 11 is 6.57. The van der Waals surface area contributed by atoms with E-state index in [1.807, 2.05) is 24.3 Å². The summed E-state index contributed by atoms with van der Waals surface area (Å²) in [7, 11) is 0. The van der Waals surface area contributed by atoms with E-state index in [1.165, 1.54) is 0 Å². The van der Waals surface area contributed by atoms with Crippen molar-refractivity contribution in [2.45, 2.75) is 31.7 Å². The van der Waals surface area contributed by atoms with Gasteiger partial charge < -0.3 is 15.5 Å². The van der Waals surface area contributed by atoms with Gasteiger partial charge in [0.05, 0.1) is 10.7 Å². The molecule has 32 heavy (non-hydrogen) atoms. The summed E-state index contributed by atoms with van der Waals surface area (Å²) in [6.07, 6.45) is 5.64. The van der Waals surface area contributed by atoms with Crippen molar-refractivity contribution < 1.29 is 0 Å². The average Bonchev–Trinajstić information content (AvgIpc) is 3.34. The van der Waals surface area contributed by atoms with Gasteiger partial charge in [0.15, 0.2) is 0 Å². The molecule has 1 saturated carbocycles. The molecule has 3 aromatic rings. The first kappa shape index (κ1) is 20.7. The summed E-state index contributed by atoms with van der Waals surface area (Å²) < 4.78 is 1.69. The van der Waals surface area contributed by atoms with Crippen molar-refractivity contribution in [3.05, 3.63) is 51.4 Å². The monoisotopic (exact) mass is 449 g/mol. The Hall–Kier alpha value is -3.15. The van der Waals surface area contributed by atoms with Crippen LogP contribution in [0.4, 0.5) is 17.3 Å². The largest absolute Gasteiger partial charge is 0.368 e. The molecule has 1 aromatic carbocycles. The number of pyridine rings is 1. The van der Waals surface area contributed by atoms with Gasteiger partial charge in [0.25, 0.3) is 5.56 Å². The number of aromatic nitrogens is 3. The fraction of sp³-hybridized carbons (Fsp3) is 0.391. The summed E-state index contributed by atoms with van der Waals surface area (Å²) in [6, 6.07) is 9.49. The third-order valence-electron chi connectivity index (χ3n) is 6.24. The number of piperazine rings is 1. The zero-order valence-electron chi connectivity index (χ0n) is 17.6. The average molecular weight is 450 g/mol. The van der Waals surface area contributed by atoms with Gasteiger partial charge in [-0.3, -0.25) is 9.36 Å². The molecular weight excluding hydrogens is 426 g/mol. The number of halogens is 1. The second kappa shape index (κ2) is 8.77. The maximum Gasteiger partial charge on any atom is 0.270 e. The van der Waals surface area contributed by atoms with E-state index < -0.39 is 0 Å². The summed E-state index contributed by atoms with van der Waals surface area (Å²) in [5.41, 5.74) is 2.19. The van der Waals surface area contributed by atoms with E-state index in [4.69, 9.17) is 11.6 Å². The highest BCUT2D eigenvalue weighted by atomic mass is 35.5. The van der Waals surface area contributed by atoms with E-state index in [0.717, 1.165) is 63.2 Å². The quantitative estimate of drug-likeness (QED) is 0.627. The number of hydrogen-bond donors (Lipinski definition) is 2. The number of nitriles is 1. The Morgan fingerprint density at radius 1 is 1.19 bits per heavy atom. The molecule has 9 heteroatoms. The third-order valence-corrected chi connectivity index (χ3v) is 6.55. The van der Waals surface area contributed by atoms with Gasteiger partial charge in [0.2, 0.25) is 5.95 Å². The summed E-state index contributed by atoms with van der Waals surface area (Å²) in [5, 5.41) is 17.3. The van der Waals surface area contributed by atoms with Gasteiger partial charge in [-0.15, -0.1) is 0 Å². The first-order valence-electron chi connectivity index (χ1n) is 11.0. The number of nitrogens with one attached hydrogen (secondary N) is 2. The lowest BCUT2D eigenvalue weighted by Gasteiger charge is -2.30. The molecule has 0 radical (unpaired) electrons. The summed E-state index contributed by atoms with van der Waals surface area (Å²) in [4.78, 5) is 24.3. The fourth-order valence-electron chi connectivity index (χ4n) is 4.64. The van der Waals surface area contributed by atoms with Gasteiger partial charge in [-0.25, -0.2) is 4.98 Å². The first-order valence-corrected chi connectivity index (χ1v) is 11.4. The molecule has 2 aliphatic rings. The molecule has 2 aromatic heterocycles. The minimum Gasteiger partial charge on any atom is -0.368 e. The predicted molar refractivity (Wildman–Crippen MR) is 126 cm³/mol. The number of benzene rings is 1. The molecule has 0 spiro atoms. The van der Waals surface area contributed by atoms with Crippen molar-refractivity contribution in [2.75, 3.05) is 36.4 Å². The van der Waals surface area contributed by atoms with E-state index in [0.29, 0.717) is 22.0 Å². The van der Waals surface area contributed by atoms with Gasteiger partial charge in [-0.05, 0) is 37.1 Å². The van der Waals surface area contributed by atoms with Gasteiger partial charge in [-0.2, -0.15) is 10.2 Å². The third kappa shape index (κ3) is 3.90. The van der Waals surface area contributed by atoms with Gasteiger partial charge in [-0.1, -0.05) is 24.4 Å². The molecule has 0 amide bonds. The maximum atomic E-state index is 12.9. The number of anilines is 3. The minimum atomic E-state index is -0.278. The van der Waals surface area contributed by atoms with E-state index in [1.54, 1.807) is 16.8 Å². The Balaban J connectivity index is 1.48. The van der Waals surface area contributed by atoms with Gasteiger partial charge >= 0.3 is 0 Å². The molecule has 1 saturated heterocycles. The van der Waals surface area contributed by atoms with Gasteiger partial charge in [0.1, 0.15) is 17.3 Å². The molecule has 2 fully saturated rings. The Bertz CT molecular complexity index is 1250. The normalized spacial score (nSPS) is 16.9. The van der Waals surface area contributed by atoms with Crippen molar-refractivity contribution in [2.24, 2.45) is 0 Å². The summed E-state index contributed by atoms with van der Waals surface area (Å²) in [5.74, 6) is 0.388. The second-order valence-corrected chi connectivity index (χ2v) is 8.69. The van der Waals surface area contributed by atoms with Crippen LogP contribution in [-0.4, -0.2) is 40.7 Å². The van der Waals surface area contributed by atoms with Gasteiger partial charge in [0, 0.05) is 49.5 Å². The van der Waals surface area contributed by atoms with Crippen LogP contribution < -0.4 is 21.1 Å². The molecule has 5 rings (SSSR count). The van der Waals surface area contributed by atoms with Crippen molar-refractivity contribution in [3.8, 4) is 6.07 Å². The van der Waals surface area contributed by atoms with Crippen LogP contribution in [0.2, 0.25) is 5.02 Å². The van der Waals surface area contributed by atoms with E-state index in [9.17, 15) is 10.1 Å². The fourth-order valence-corrected chi connectivity index (χ4v) is 4.94. The zero-order valence-corrected chi connectivity index (χ0v) is 18.4. The van der Waals surface area contributed by atoms with Crippen LogP contribution >= 0.6 is 11.6 Å². The highest BCUT2D eigenvalue weighted by Gasteiger charge is 2.23. The SMILES string of the molecule is N#Cc1cc2cnc(Nc3ccc(N4CCNCC4)c(Cl)c3)nc2n(C2CCCC2)c1=O. The van der Waals surface area contributed by atoms with Crippen LogP contribution in [0.5, 0.6) is 0 Å². The zero-order chi connectivity index (χ0) is 22.1. The van der Waals surface area contributed by atoms with Crippen LogP contribution in [0, 0.1) is 11.3 Å². The summed E-state index contributed by atoms with van der Waals surface area (Å²) in [6.45, 7) is 3.72. The molecule has 3 heterocycles. The van der Waals surface area contributed by atoms with E-state index in [-0.39, 0.29) is 17.2 Å². The topological polar surface area (TPSA) is 98.9 Å². The number of rotatable bonds is 4. The maximum absolute atomic E-state index is 12.9. The lowest BCUT2D eigenvalue weighted by Crippen LogP contribution is -2.43. The lowest BCUT2D eigenvalue weighted by atomic mass is 10.2. The van der Waals surface area contributed by atoms with Crippen molar-refractivity contribution in [1.29, 1.82) is 5.26 Å². The van der Waals surface area contributed by atoms with Crippen LogP contribution in [0.15, 0.2) is 35.3 Å².